The van der Waals surface area contributed by atoms with Crippen molar-refractivity contribution in [1.29, 1.82) is 0 Å². The van der Waals surface area contributed by atoms with Gasteiger partial charge >= 0.3 is 6.18 Å². The normalized spacial score (nSPS) is 13.2. The molecule has 0 bridgehead atoms. The summed E-state index contributed by atoms with van der Waals surface area (Å²) in [5, 5.41) is 11.3. The number of rotatable bonds is 9. The van der Waals surface area contributed by atoms with E-state index in [4.69, 9.17) is 15.8 Å². The second kappa shape index (κ2) is 10.6. The Morgan fingerprint density at radius 1 is 1.22 bits per heavy atom. The fourth-order valence-electron chi connectivity index (χ4n) is 3.52. The number of anilines is 1. The van der Waals surface area contributed by atoms with Gasteiger partial charge in [-0.25, -0.2) is 9.67 Å². The molecule has 0 fully saturated rings. The highest BCUT2D eigenvalue weighted by Gasteiger charge is 2.36. The number of aryl methyl sites for hydroxylation is 1. The Hall–Kier alpha value is -2.97. The van der Waals surface area contributed by atoms with Crippen LogP contribution in [0.3, 0.4) is 0 Å². The number of imidazole rings is 1. The molecule has 0 unspecified atom stereocenters. The number of benzene rings is 1. The molecule has 0 aliphatic carbocycles. The number of carbonyl (C=O) groups is 1. The fraction of sp³-hybridized carbons (Fsp3) is 0.429. The van der Waals surface area contributed by atoms with Gasteiger partial charge in [-0.15, -0.1) is 5.10 Å². The maximum Gasteiger partial charge on any atom is 0.434 e. The van der Waals surface area contributed by atoms with Crippen molar-refractivity contribution in [3.63, 3.8) is 0 Å². The number of nitrogens with one attached hydrogen (secondary N) is 1. The van der Waals surface area contributed by atoms with Gasteiger partial charge in [0.25, 0.3) is 10.1 Å². The van der Waals surface area contributed by atoms with Crippen molar-refractivity contribution in [1.82, 2.24) is 24.5 Å². The number of alkyl halides is 3. The first-order valence-corrected chi connectivity index (χ1v) is 12.9. The third kappa shape index (κ3) is 6.62. The summed E-state index contributed by atoms with van der Waals surface area (Å²) < 4.78 is 69.7. The highest BCUT2D eigenvalue weighted by Crippen LogP contribution is 2.31. The third-order valence-electron chi connectivity index (χ3n) is 5.10. The molecule has 36 heavy (non-hydrogen) atoms. The zero-order valence-corrected chi connectivity index (χ0v) is 21.3. The van der Waals surface area contributed by atoms with Crippen LogP contribution >= 0.6 is 11.6 Å². The van der Waals surface area contributed by atoms with Gasteiger partial charge in [-0.05, 0) is 37.1 Å². The monoisotopic (exact) mass is 548 g/mol. The Bertz CT molecular complexity index is 1340. The van der Waals surface area contributed by atoms with Crippen molar-refractivity contribution in [3.8, 4) is 5.69 Å². The van der Waals surface area contributed by atoms with Crippen LogP contribution in [-0.4, -0.2) is 51.7 Å². The summed E-state index contributed by atoms with van der Waals surface area (Å²) in [5.41, 5.74) is -0.0111. The van der Waals surface area contributed by atoms with Crippen molar-refractivity contribution in [2.24, 2.45) is 0 Å². The molecule has 0 saturated heterocycles. The molecule has 0 radical (unpaired) electrons. The van der Waals surface area contributed by atoms with E-state index in [2.05, 4.69) is 20.6 Å². The van der Waals surface area contributed by atoms with Gasteiger partial charge in [-0.2, -0.15) is 21.6 Å². The topological polar surface area (TPSA) is 121 Å². The van der Waals surface area contributed by atoms with Gasteiger partial charge in [-0.3, -0.25) is 8.98 Å². The largest absolute Gasteiger partial charge is 0.434 e. The van der Waals surface area contributed by atoms with Crippen molar-refractivity contribution in [3.05, 3.63) is 52.7 Å². The molecule has 1 N–H and O–H groups in total. The lowest BCUT2D eigenvalue weighted by atomic mass is 10.1. The van der Waals surface area contributed by atoms with Crippen LogP contribution in [0.15, 0.2) is 30.5 Å². The molecule has 1 atom stereocenters. The Kier molecular flexibility index (Phi) is 8.10. The molecule has 1 amide bonds. The van der Waals surface area contributed by atoms with Crippen molar-refractivity contribution < 1.29 is 30.6 Å². The maximum absolute atomic E-state index is 13.3. The Balaban J connectivity index is 1.96. The van der Waals surface area contributed by atoms with Crippen LogP contribution in [0.5, 0.6) is 0 Å². The predicted molar refractivity (Wildman–Crippen MR) is 126 cm³/mol. The van der Waals surface area contributed by atoms with E-state index in [1.807, 2.05) is 13.8 Å². The average molecular weight is 549 g/mol. The quantitative estimate of drug-likeness (QED) is 0.399. The van der Waals surface area contributed by atoms with Gasteiger partial charge in [0.2, 0.25) is 5.91 Å². The van der Waals surface area contributed by atoms with Gasteiger partial charge < -0.3 is 9.88 Å². The van der Waals surface area contributed by atoms with Crippen LogP contribution in [0.25, 0.3) is 5.69 Å². The molecule has 0 aliphatic rings. The molecule has 15 heteroatoms. The van der Waals surface area contributed by atoms with Crippen LogP contribution in [0.4, 0.5) is 19.0 Å². The molecule has 0 aliphatic heterocycles. The van der Waals surface area contributed by atoms with E-state index in [0.29, 0.717) is 22.6 Å². The zero-order valence-electron chi connectivity index (χ0n) is 19.7. The van der Waals surface area contributed by atoms with Crippen LogP contribution in [0.2, 0.25) is 5.02 Å². The molecule has 10 nitrogen and oxygen atoms in total. The molecule has 1 aromatic carbocycles. The second-order valence-corrected chi connectivity index (χ2v) is 10.3. The number of hydrogen-bond donors (Lipinski definition) is 1. The van der Waals surface area contributed by atoms with Gasteiger partial charge in [0.15, 0.2) is 11.5 Å². The number of nitrogens with zero attached hydrogens (tertiary/aromatic N) is 5. The molecule has 3 rings (SSSR count). The summed E-state index contributed by atoms with van der Waals surface area (Å²) >= 11 is 5.95. The van der Waals surface area contributed by atoms with E-state index < -0.39 is 40.5 Å². The van der Waals surface area contributed by atoms with Crippen LogP contribution in [0.1, 0.15) is 49.4 Å². The molecule has 2 heterocycles. The second-order valence-electron chi connectivity index (χ2n) is 8.26. The molecule has 3 aromatic rings. The van der Waals surface area contributed by atoms with Crippen LogP contribution < -0.4 is 5.32 Å². The highest BCUT2D eigenvalue weighted by atomic mass is 35.5. The SMILES string of the molecule is Cc1nc(C(F)(F)F)cn1[C@@H](CCOS(C)(=O)=O)C(=O)Nc1nnn(-c2ccc(Cl)cc2)c1C(C)C. The molecule has 0 saturated carbocycles. The van der Waals surface area contributed by atoms with E-state index >= 15 is 0 Å². The van der Waals surface area contributed by atoms with Gasteiger partial charge in [0.1, 0.15) is 11.9 Å². The minimum absolute atomic E-state index is 0.0873. The maximum atomic E-state index is 13.3. The van der Waals surface area contributed by atoms with Crippen LogP contribution in [0, 0.1) is 6.92 Å². The lowest BCUT2D eigenvalue weighted by Gasteiger charge is -2.19. The first-order valence-electron chi connectivity index (χ1n) is 10.7. The molecule has 0 spiro atoms. The minimum Gasteiger partial charge on any atom is -0.322 e. The molecule has 196 valence electrons. The summed E-state index contributed by atoms with van der Waals surface area (Å²) in [7, 11) is -3.83. The Morgan fingerprint density at radius 2 is 1.86 bits per heavy atom. The summed E-state index contributed by atoms with van der Waals surface area (Å²) in [6, 6.07) is 5.48. The fourth-order valence-corrected chi connectivity index (χ4v) is 4.04. The summed E-state index contributed by atoms with van der Waals surface area (Å²) in [6.45, 7) is 4.58. The van der Waals surface area contributed by atoms with Crippen LogP contribution in [-0.2, 0) is 25.3 Å². The Morgan fingerprint density at radius 3 is 2.39 bits per heavy atom. The average Bonchev–Trinajstić information content (AvgIpc) is 3.34. The van der Waals surface area contributed by atoms with Crippen molar-refractivity contribution in [2.45, 2.75) is 45.3 Å². The number of hydrogen-bond acceptors (Lipinski definition) is 7. The molecule has 2 aromatic heterocycles. The standard InChI is InChI=1S/C21H24ClF3N6O4S/c1-12(2)18-19(28-29-31(18)15-7-5-14(22)6-8-15)27-20(32)16(9-10-35-36(4,33)34)30-11-17(21(23,24)25)26-13(30)3/h5-8,11-12,16H,9-10H2,1-4H3,(H,27,32)/t16-/m0/s1. The predicted octanol–water partition coefficient (Wildman–Crippen LogP) is 4.11. The van der Waals surface area contributed by atoms with Gasteiger partial charge in [0, 0.05) is 17.6 Å². The molecular formula is C21H24ClF3N6O4S. The van der Waals surface area contributed by atoms with Gasteiger partial charge in [0.05, 0.1) is 24.2 Å². The molecular weight excluding hydrogens is 525 g/mol. The first kappa shape index (κ1) is 27.6. The minimum atomic E-state index is -4.73. The first-order chi connectivity index (χ1) is 16.7. The van der Waals surface area contributed by atoms with Crippen molar-refractivity contribution in [2.75, 3.05) is 18.2 Å². The lowest BCUT2D eigenvalue weighted by molar-refractivity contribution is -0.141. The third-order valence-corrected chi connectivity index (χ3v) is 5.95. The Labute approximate surface area is 210 Å². The summed E-state index contributed by atoms with van der Waals surface area (Å²) in [5.74, 6) is -0.889. The summed E-state index contributed by atoms with van der Waals surface area (Å²) in [4.78, 5) is 16.8. The van der Waals surface area contributed by atoms with Crippen molar-refractivity contribution >= 4 is 33.4 Å². The van der Waals surface area contributed by atoms with E-state index in [1.165, 1.54) is 11.6 Å². The lowest BCUT2D eigenvalue weighted by Crippen LogP contribution is -2.28. The number of aromatic nitrogens is 5. The number of amides is 1. The smallest absolute Gasteiger partial charge is 0.322 e. The van der Waals surface area contributed by atoms with E-state index in [1.54, 1.807) is 24.3 Å². The summed E-state index contributed by atoms with van der Waals surface area (Å²) in [6.07, 6.45) is -3.45. The van der Waals surface area contributed by atoms with E-state index in [9.17, 15) is 26.4 Å². The number of halogens is 4. The van der Waals surface area contributed by atoms with E-state index in [-0.39, 0.29) is 24.0 Å². The van der Waals surface area contributed by atoms with Gasteiger partial charge in [-0.1, -0.05) is 30.7 Å². The van der Waals surface area contributed by atoms with E-state index in [0.717, 1.165) is 10.8 Å². The highest BCUT2D eigenvalue weighted by molar-refractivity contribution is 7.85. The number of carbonyl (C=O) groups excluding carboxylic acids is 1. The zero-order chi connectivity index (χ0) is 26.8.